The maximum Gasteiger partial charge on any atom is 0.187 e. The molecule has 1 aromatic carbocycles. The van der Waals surface area contributed by atoms with Crippen molar-refractivity contribution in [1.82, 2.24) is 0 Å². The fourth-order valence-electron chi connectivity index (χ4n) is 1.70. The van der Waals surface area contributed by atoms with Gasteiger partial charge >= 0.3 is 0 Å². The van der Waals surface area contributed by atoms with Gasteiger partial charge in [-0.15, -0.1) is 0 Å². The van der Waals surface area contributed by atoms with Crippen molar-refractivity contribution in [3.05, 3.63) is 33.8 Å². The average molecular weight is 329 g/mol. The number of Topliss-reactive ketones (excluding diaryl/α,β-unsaturated/α-hetero) is 1. The van der Waals surface area contributed by atoms with E-state index >= 15 is 0 Å². The van der Waals surface area contributed by atoms with Crippen molar-refractivity contribution in [3.63, 3.8) is 0 Å². The van der Waals surface area contributed by atoms with Crippen molar-refractivity contribution in [2.45, 2.75) is 39.3 Å². The van der Waals surface area contributed by atoms with Crippen LogP contribution in [0.25, 0.3) is 0 Å². The van der Waals surface area contributed by atoms with Crippen molar-refractivity contribution >= 4 is 30.8 Å². The van der Waals surface area contributed by atoms with Crippen LogP contribution < -0.4 is 0 Å². The SMILES string of the molecule is C[SiH](C)OCC(=O)c1ccc(Br)cc1C(C)(C)C. The molecule has 0 aliphatic heterocycles. The largest absolute Gasteiger partial charge is 0.413 e. The van der Waals surface area contributed by atoms with E-state index in [0.717, 1.165) is 15.6 Å². The third-order valence-electron chi connectivity index (χ3n) is 2.64. The second-order valence-electron chi connectivity index (χ2n) is 5.72. The maximum atomic E-state index is 12.2. The second kappa shape index (κ2) is 6.13. The first-order valence-electron chi connectivity index (χ1n) is 6.16. The molecule has 0 atom stereocenters. The molecule has 4 heteroatoms. The quantitative estimate of drug-likeness (QED) is 0.618. The lowest BCUT2D eigenvalue weighted by atomic mass is 9.83. The molecule has 0 aromatic heterocycles. The molecular weight excluding hydrogens is 308 g/mol. The topological polar surface area (TPSA) is 26.3 Å². The van der Waals surface area contributed by atoms with Crippen LogP contribution in [0.15, 0.2) is 22.7 Å². The highest BCUT2D eigenvalue weighted by Crippen LogP contribution is 2.29. The predicted octanol–water partition coefficient (Wildman–Crippen LogP) is 3.93. The lowest BCUT2D eigenvalue weighted by Gasteiger charge is -2.23. The zero-order valence-electron chi connectivity index (χ0n) is 11.7. The molecule has 0 radical (unpaired) electrons. The van der Waals surface area contributed by atoms with Crippen molar-refractivity contribution in [3.8, 4) is 0 Å². The minimum absolute atomic E-state index is 0.0516. The van der Waals surface area contributed by atoms with Crippen LogP contribution in [-0.4, -0.2) is 21.4 Å². The summed E-state index contributed by atoms with van der Waals surface area (Å²) >= 11 is 3.46. The van der Waals surface area contributed by atoms with Gasteiger partial charge in [0.25, 0.3) is 0 Å². The van der Waals surface area contributed by atoms with Crippen LogP contribution in [0, 0.1) is 0 Å². The molecule has 0 bridgehead atoms. The first-order valence-corrected chi connectivity index (χ1v) is 9.74. The molecule has 0 fully saturated rings. The molecule has 0 amide bonds. The van der Waals surface area contributed by atoms with E-state index in [0.29, 0.717) is 0 Å². The number of hydrogen-bond donors (Lipinski definition) is 0. The molecule has 0 spiro atoms. The highest BCUT2D eigenvalue weighted by atomic mass is 79.9. The molecule has 0 saturated carbocycles. The Hall–Kier alpha value is -0.453. The maximum absolute atomic E-state index is 12.2. The number of ketones is 1. The highest BCUT2D eigenvalue weighted by molar-refractivity contribution is 9.10. The van der Waals surface area contributed by atoms with Crippen LogP contribution in [0.1, 0.15) is 36.7 Å². The fourth-order valence-corrected chi connectivity index (χ4v) is 2.55. The summed E-state index contributed by atoms with van der Waals surface area (Å²) in [5.74, 6) is 0.0774. The Morgan fingerprint density at radius 3 is 2.44 bits per heavy atom. The van der Waals surface area contributed by atoms with Crippen molar-refractivity contribution < 1.29 is 9.22 Å². The summed E-state index contributed by atoms with van der Waals surface area (Å²) < 4.78 is 6.54. The number of rotatable bonds is 4. The first-order chi connectivity index (χ1) is 8.21. The second-order valence-corrected chi connectivity index (χ2v) is 9.07. The van der Waals surface area contributed by atoms with E-state index < -0.39 is 9.04 Å². The zero-order chi connectivity index (χ0) is 13.9. The van der Waals surface area contributed by atoms with Gasteiger partial charge in [0.15, 0.2) is 14.8 Å². The Bertz CT molecular complexity index is 436. The molecule has 1 aromatic rings. The lowest BCUT2D eigenvalue weighted by molar-refractivity contribution is 0.0919. The van der Waals surface area contributed by atoms with Crippen LogP contribution in [0.3, 0.4) is 0 Å². The fraction of sp³-hybridized carbons (Fsp3) is 0.500. The van der Waals surface area contributed by atoms with Gasteiger partial charge in [0, 0.05) is 10.0 Å². The Balaban J connectivity index is 3.05. The summed E-state index contributed by atoms with van der Waals surface area (Å²) in [6.45, 7) is 10.7. The van der Waals surface area contributed by atoms with Gasteiger partial charge in [0.2, 0.25) is 0 Å². The van der Waals surface area contributed by atoms with E-state index in [2.05, 4.69) is 49.8 Å². The number of carbonyl (C=O) groups is 1. The highest BCUT2D eigenvalue weighted by Gasteiger charge is 2.22. The van der Waals surface area contributed by atoms with E-state index in [-0.39, 0.29) is 17.8 Å². The lowest BCUT2D eigenvalue weighted by Crippen LogP contribution is -2.21. The summed E-state index contributed by atoms with van der Waals surface area (Å²) in [5.41, 5.74) is 1.79. The van der Waals surface area contributed by atoms with Crippen molar-refractivity contribution in [2.75, 3.05) is 6.61 Å². The summed E-state index contributed by atoms with van der Waals surface area (Å²) in [7, 11) is -1.15. The van der Waals surface area contributed by atoms with E-state index in [1.807, 2.05) is 18.2 Å². The number of halogens is 1. The third kappa shape index (κ3) is 4.34. The Kier molecular flexibility index (Phi) is 5.31. The van der Waals surface area contributed by atoms with Gasteiger partial charge in [-0.3, -0.25) is 4.79 Å². The number of hydrogen-bond acceptors (Lipinski definition) is 2. The third-order valence-corrected chi connectivity index (χ3v) is 3.96. The summed E-state index contributed by atoms with van der Waals surface area (Å²) in [6, 6.07) is 5.83. The van der Waals surface area contributed by atoms with Crippen molar-refractivity contribution in [1.29, 1.82) is 0 Å². The Morgan fingerprint density at radius 1 is 1.33 bits per heavy atom. The summed E-state index contributed by atoms with van der Waals surface area (Å²) in [4.78, 5) is 12.2. The molecule has 0 heterocycles. The molecule has 0 N–H and O–H groups in total. The monoisotopic (exact) mass is 328 g/mol. The van der Waals surface area contributed by atoms with Crippen molar-refractivity contribution in [2.24, 2.45) is 0 Å². The van der Waals surface area contributed by atoms with Gasteiger partial charge in [-0.2, -0.15) is 0 Å². The van der Waals surface area contributed by atoms with E-state index in [1.165, 1.54) is 0 Å². The molecule has 100 valence electrons. The predicted molar refractivity (Wildman–Crippen MR) is 82.0 cm³/mol. The van der Waals surface area contributed by atoms with E-state index in [1.54, 1.807) is 0 Å². The van der Waals surface area contributed by atoms with E-state index in [9.17, 15) is 4.79 Å². The van der Waals surface area contributed by atoms with Gasteiger partial charge in [-0.05, 0) is 42.3 Å². The molecule has 0 aliphatic rings. The minimum Gasteiger partial charge on any atom is -0.413 e. The van der Waals surface area contributed by atoms with Gasteiger partial charge in [-0.1, -0.05) is 36.7 Å². The molecule has 18 heavy (non-hydrogen) atoms. The van der Waals surface area contributed by atoms with Gasteiger partial charge < -0.3 is 4.43 Å². The van der Waals surface area contributed by atoms with Gasteiger partial charge in [0.1, 0.15) is 0 Å². The Labute approximate surface area is 120 Å². The normalized spacial score (nSPS) is 11.9. The van der Waals surface area contributed by atoms with Crippen LogP contribution in [0.5, 0.6) is 0 Å². The van der Waals surface area contributed by atoms with Crippen LogP contribution >= 0.6 is 15.9 Å². The number of carbonyl (C=O) groups excluding carboxylic acids is 1. The number of benzene rings is 1. The van der Waals surface area contributed by atoms with Crippen LogP contribution in [0.4, 0.5) is 0 Å². The van der Waals surface area contributed by atoms with Gasteiger partial charge in [0.05, 0.1) is 6.61 Å². The van der Waals surface area contributed by atoms with Crippen LogP contribution in [0.2, 0.25) is 13.1 Å². The standard InChI is InChI=1S/C14H21BrO2Si/c1-14(2,3)12-8-10(15)6-7-11(12)13(16)9-17-18(4)5/h6-8,18H,9H2,1-5H3. The molecular formula is C14H21BrO2Si. The minimum atomic E-state index is -1.15. The van der Waals surface area contributed by atoms with Gasteiger partial charge in [-0.25, -0.2) is 0 Å². The average Bonchev–Trinajstić information content (AvgIpc) is 2.24. The first kappa shape index (κ1) is 15.6. The molecule has 0 aliphatic carbocycles. The van der Waals surface area contributed by atoms with E-state index in [4.69, 9.17) is 4.43 Å². The Morgan fingerprint density at radius 2 is 1.94 bits per heavy atom. The van der Waals surface area contributed by atoms with Crippen LogP contribution in [-0.2, 0) is 9.84 Å². The molecule has 0 unspecified atom stereocenters. The molecule has 2 nitrogen and oxygen atoms in total. The summed E-state index contributed by atoms with van der Waals surface area (Å²) in [5, 5.41) is 0. The molecule has 0 saturated heterocycles. The zero-order valence-corrected chi connectivity index (χ0v) is 14.5. The summed E-state index contributed by atoms with van der Waals surface area (Å²) in [6.07, 6.45) is 0. The smallest absolute Gasteiger partial charge is 0.187 e. The molecule has 1 rings (SSSR count).